The number of nitrogens with zero attached hydrogens (tertiary/aromatic N) is 1. The van der Waals surface area contributed by atoms with Gasteiger partial charge < -0.3 is 9.72 Å². The van der Waals surface area contributed by atoms with E-state index in [1.165, 1.54) is 11.7 Å². The molecular weight excluding hydrogens is 208 g/mol. The van der Waals surface area contributed by atoms with Crippen molar-refractivity contribution >= 4 is 17.0 Å². The molecule has 0 atom stereocenters. The highest BCUT2D eigenvalue weighted by Gasteiger charge is 2.07. The molecule has 0 spiro atoms. The third kappa shape index (κ3) is 1.71. The van der Waals surface area contributed by atoms with E-state index in [4.69, 9.17) is 0 Å². The first-order valence-electron chi connectivity index (χ1n) is 4.86. The Labute approximate surface area is 91.6 Å². The molecular formula is C11H12N2O3. The van der Waals surface area contributed by atoms with Crippen LogP contribution in [0.2, 0.25) is 0 Å². The van der Waals surface area contributed by atoms with E-state index in [-0.39, 0.29) is 18.1 Å². The molecule has 1 heterocycles. The number of carbonyl (C=O) groups is 1. The van der Waals surface area contributed by atoms with Gasteiger partial charge in [-0.3, -0.25) is 9.36 Å². The Balaban J connectivity index is 2.47. The van der Waals surface area contributed by atoms with Crippen LogP contribution in [0.1, 0.15) is 5.56 Å². The standard InChI is InChI=1S/C11H12N2O3/c1-13-9-5-7(6-10(14)16-2)3-4-8(9)12-11(13)15/h3-5H,6H2,1-2H3,(H,12,15). The maximum absolute atomic E-state index is 11.3. The largest absolute Gasteiger partial charge is 0.469 e. The molecule has 0 radical (unpaired) electrons. The lowest BCUT2D eigenvalue weighted by molar-refractivity contribution is -0.139. The third-order valence-corrected chi connectivity index (χ3v) is 2.55. The second-order valence-corrected chi connectivity index (χ2v) is 3.59. The number of H-pyrrole nitrogens is 1. The van der Waals surface area contributed by atoms with Gasteiger partial charge in [-0.05, 0) is 17.7 Å². The molecule has 1 aromatic heterocycles. The van der Waals surface area contributed by atoms with Crippen molar-refractivity contribution in [2.24, 2.45) is 7.05 Å². The summed E-state index contributed by atoms with van der Waals surface area (Å²) in [5.74, 6) is -0.292. The van der Waals surface area contributed by atoms with Gasteiger partial charge in [0.1, 0.15) is 0 Å². The third-order valence-electron chi connectivity index (χ3n) is 2.55. The van der Waals surface area contributed by atoms with Crippen LogP contribution in [0.25, 0.3) is 11.0 Å². The number of aryl methyl sites for hydroxylation is 1. The van der Waals surface area contributed by atoms with Gasteiger partial charge in [-0.1, -0.05) is 6.07 Å². The zero-order chi connectivity index (χ0) is 11.7. The molecule has 0 saturated carbocycles. The lowest BCUT2D eigenvalue weighted by Gasteiger charge is -2.00. The van der Waals surface area contributed by atoms with Crippen LogP contribution in [0.4, 0.5) is 0 Å². The molecule has 0 unspecified atom stereocenters. The maximum atomic E-state index is 11.3. The number of esters is 1. The van der Waals surface area contributed by atoms with Gasteiger partial charge >= 0.3 is 11.7 Å². The fourth-order valence-electron chi connectivity index (χ4n) is 1.62. The van der Waals surface area contributed by atoms with Gasteiger partial charge in [0.25, 0.3) is 0 Å². The minimum Gasteiger partial charge on any atom is -0.469 e. The Kier molecular flexibility index (Phi) is 2.52. The van der Waals surface area contributed by atoms with E-state index < -0.39 is 0 Å². The average molecular weight is 220 g/mol. The summed E-state index contributed by atoms with van der Waals surface area (Å²) >= 11 is 0. The number of ether oxygens (including phenoxy) is 1. The van der Waals surface area contributed by atoms with Gasteiger partial charge in [-0.15, -0.1) is 0 Å². The maximum Gasteiger partial charge on any atom is 0.326 e. The molecule has 0 bridgehead atoms. The van der Waals surface area contributed by atoms with E-state index in [0.29, 0.717) is 0 Å². The molecule has 5 heteroatoms. The predicted octanol–water partition coefficient (Wildman–Crippen LogP) is 0.582. The molecule has 0 aliphatic heterocycles. The van der Waals surface area contributed by atoms with Crippen molar-refractivity contribution in [2.45, 2.75) is 6.42 Å². The van der Waals surface area contributed by atoms with Crippen LogP contribution < -0.4 is 5.69 Å². The Hall–Kier alpha value is -2.04. The van der Waals surface area contributed by atoms with Crippen LogP contribution in [0, 0.1) is 0 Å². The van der Waals surface area contributed by atoms with Gasteiger partial charge in [0.05, 0.1) is 24.6 Å². The van der Waals surface area contributed by atoms with Gasteiger partial charge in [-0.25, -0.2) is 4.79 Å². The van der Waals surface area contributed by atoms with Crippen molar-refractivity contribution in [1.82, 2.24) is 9.55 Å². The second kappa shape index (κ2) is 3.84. The van der Waals surface area contributed by atoms with Gasteiger partial charge in [0.2, 0.25) is 0 Å². The number of fused-ring (bicyclic) bond motifs is 1. The van der Waals surface area contributed by atoms with E-state index in [1.807, 2.05) is 6.07 Å². The van der Waals surface area contributed by atoms with Crippen molar-refractivity contribution in [3.63, 3.8) is 0 Å². The summed E-state index contributed by atoms with van der Waals surface area (Å²) in [4.78, 5) is 25.2. The number of benzene rings is 1. The lowest BCUT2D eigenvalue weighted by atomic mass is 10.1. The highest BCUT2D eigenvalue weighted by atomic mass is 16.5. The number of aromatic amines is 1. The Morgan fingerprint density at radius 1 is 1.50 bits per heavy atom. The normalized spacial score (nSPS) is 10.6. The van der Waals surface area contributed by atoms with Gasteiger partial charge in [0, 0.05) is 7.05 Å². The molecule has 5 nitrogen and oxygen atoms in total. The summed E-state index contributed by atoms with van der Waals surface area (Å²) in [5.41, 5.74) is 2.21. The van der Waals surface area contributed by atoms with Crippen LogP contribution in [-0.4, -0.2) is 22.6 Å². The van der Waals surface area contributed by atoms with E-state index in [0.717, 1.165) is 16.6 Å². The van der Waals surface area contributed by atoms with E-state index in [9.17, 15) is 9.59 Å². The topological polar surface area (TPSA) is 64.1 Å². The zero-order valence-corrected chi connectivity index (χ0v) is 9.11. The number of aromatic nitrogens is 2. The van der Waals surface area contributed by atoms with E-state index in [2.05, 4.69) is 9.72 Å². The first kappa shape index (κ1) is 10.5. The minimum atomic E-state index is -0.292. The molecule has 2 aromatic rings. The van der Waals surface area contributed by atoms with Crippen LogP contribution in [0.3, 0.4) is 0 Å². The van der Waals surface area contributed by atoms with Crippen LogP contribution in [-0.2, 0) is 23.0 Å². The number of hydrogen-bond acceptors (Lipinski definition) is 3. The quantitative estimate of drug-likeness (QED) is 0.753. The smallest absolute Gasteiger partial charge is 0.326 e. The van der Waals surface area contributed by atoms with Gasteiger partial charge in [-0.2, -0.15) is 0 Å². The number of rotatable bonds is 2. The molecule has 84 valence electrons. The first-order valence-corrected chi connectivity index (χ1v) is 4.86. The summed E-state index contributed by atoms with van der Waals surface area (Å²) in [5, 5.41) is 0. The van der Waals surface area contributed by atoms with Crippen molar-refractivity contribution in [3.8, 4) is 0 Å². The first-order chi connectivity index (χ1) is 7.61. The number of nitrogens with one attached hydrogen (secondary N) is 1. The Morgan fingerprint density at radius 2 is 2.25 bits per heavy atom. The molecule has 0 amide bonds. The highest BCUT2D eigenvalue weighted by Crippen LogP contribution is 2.12. The summed E-state index contributed by atoms with van der Waals surface area (Å²) in [6, 6.07) is 5.40. The van der Waals surface area contributed by atoms with Crippen molar-refractivity contribution < 1.29 is 9.53 Å². The Morgan fingerprint density at radius 3 is 2.94 bits per heavy atom. The SMILES string of the molecule is COC(=O)Cc1ccc2[nH]c(=O)n(C)c2c1. The number of carbonyl (C=O) groups excluding carboxylic acids is 1. The molecule has 0 fully saturated rings. The average Bonchev–Trinajstić information content (AvgIpc) is 2.55. The minimum absolute atomic E-state index is 0.162. The summed E-state index contributed by atoms with van der Waals surface area (Å²) in [7, 11) is 3.04. The second-order valence-electron chi connectivity index (χ2n) is 3.59. The summed E-state index contributed by atoms with van der Waals surface area (Å²) < 4.78 is 6.10. The fourth-order valence-corrected chi connectivity index (χ4v) is 1.62. The molecule has 0 saturated heterocycles. The molecule has 0 aliphatic rings. The highest BCUT2D eigenvalue weighted by molar-refractivity contribution is 5.79. The van der Waals surface area contributed by atoms with Crippen molar-refractivity contribution in [1.29, 1.82) is 0 Å². The van der Waals surface area contributed by atoms with Crippen LogP contribution in [0.5, 0.6) is 0 Å². The van der Waals surface area contributed by atoms with E-state index >= 15 is 0 Å². The summed E-state index contributed by atoms with van der Waals surface area (Å²) in [6.07, 6.45) is 0.214. The number of methoxy groups -OCH3 is 1. The summed E-state index contributed by atoms with van der Waals surface area (Å²) in [6.45, 7) is 0. The fraction of sp³-hybridized carbons (Fsp3) is 0.273. The van der Waals surface area contributed by atoms with Crippen molar-refractivity contribution in [2.75, 3.05) is 7.11 Å². The number of hydrogen-bond donors (Lipinski definition) is 1. The Bertz CT molecular complexity index is 595. The number of imidazole rings is 1. The zero-order valence-electron chi connectivity index (χ0n) is 9.11. The molecule has 1 aromatic carbocycles. The van der Waals surface area contributed by atoms with Crippen molar-refractivity contribution in [3.05, 3.63) is 34.2 Å². The molecule has 0 aliphatic carbocycles. The van der Waals surface area contributed by atoms with Gasteiger partial charge in [0.15, 0.2) is 0 Å². The molecule has 1 N–H and O–H groups in total. The molecule has 2 rings (SSSR count). The predicted molar refractivity (Wildman–Crippen MR) is 59.3 cm³/mol. The molecule has 16 heavy (non-hydrogen) atoms. The van der Waals surface area contributed by atoms with Crippen LogP contribution in [0.15, 0.2) is 23.0 Å². The monoisotopic (exact) mass is 220 g/mol. The lowest BCUT2D eigenvalue weighted by Crippen LogP contribution is -2.11. The van der Waals surface area contributed by atoms with Crippen LogP contribution >= 0.6 is 0 Å². The van der Waals surface area contributed by atoms with E-state index in [1.54, 1.807) is 19.2 Å².